The van der Waals surface area contributed by atoms with E-state index in [4.69, 9.17) is 15.0 Å². The van der Waals surface area contributed by atoms with Crippen molar-refractivity contribution in [1.82, 2.24) is 15.0 Å². The normalized spacial score (nSPS) is 14.2. The van der Waals surface area contributed by atoms with Crippen LogP contribution < -0.4 is 0 Å². The highest BCUT2D eigenvalue weighted by Gasteiger charge is 2.53. The maximum Gasteiger partial charge on any atom is 0.164 e. The highest BCUT2D eigenvalue weighted by atomic mass is 32.1. The maximum atomic E-state index is 5.33. The number of fused-ring (bicyclic) bond motifs is 12. The standard InChI is InChI=1S/C55H37N3S/c1-54(2)43-25-11-13-27-45(43)55(46-28-14-12-26-44(46)54)42-24-10-8-22-41(42)50-39(23-16-29-47(50)55)36-19-6-7-21-40(36)53-57-51(34-17-4-3-5-18-34)56-52(58-53)35-31-32-38-37-20-9-15-30-48(37)59-49(38)33-35/h3-33H,1-2H3. The first-order valence-electron chi connectivity index (χ1n) is 20.3. The summed E-state index contributed by atoms with van der Waals surface area (Å²) < 4.78 is 2.49. The number of rotatable bonds is 4. The number of aromatic nitrogens is 3. The summed E-state index contributed by atoms with van der Waals surface area (Å²) in [6, 6.07) is 68.3. The van der Waals surface area contributed by atoms with Gasteiger partial charge in [0.1, 0.15) is 0 Å². The molecule has 0 radical (unpaired) electrons. The number of benzene rings is 8. The quantitative estimate of drug-likeness (QED) is 0.179. The Bertz CT molecular complexity index is 3270. The van der Waals surface area contributed by atoms with Crippen LogP contribution in [0.25, 0.3) is 76.6 Å². The summed E-state index contributed by atoms with van der Waals surface area (Å²) in [4.78, 5) is 15.7. The molecule has 59 heavy (non-hydrogen) atoms. The molecular weight excluding hydrogens is 735 g/mol. The van der Waals surface area contributed by atoms with Gasteiger partial charge in [0, 0.05) is 42.3 Å². The minimum atomic E-state index is -0.481. The lowest BCUT2D eigenvalue weighted by molar-refractivity contribution is 0.563. The zero-order valence-electron chi connectivity index (χ0n) is 32.6. The van der Waals surface area contributed by atoms with E-state index in [1.54, 1.807) is 11.3 Å². The summed E-state index contributed by atoms with van der Waals surface area (Å²) in [5.41, 5.74) is 15.1. The predicted octanol–water partition coefficient (Wildman–Crippen LogP) is 13.9. The molecule has 2 aromatic heterocycles. The van der Waals surface area contributed by atoms with E-state index in [9.17, 15) is 0 Å². The third-order valence-electron chi connectivity index (χ3n) is 12.8. The summed E-state index contributed by atoms with van der Waals surface area (Å²) >= 11 is 1.81. The number of thiophene rings is 1. The highest BCUT2D eigenvalue weighted by Crippen LogP contribution is 2.63. The van der Waals surface area contributed by atoms with E-state index in [1.165, 1.54) is 64.7 Å². The fourth-order valence-corrected chi connectivity index (χ4v) is 11.4. The predicted molar refractivity (Wildman–Crippen MR) is 244 cm³/mol. The van der Waals surface area contributed by atoms with E-state index in [2.05, 4.69) is 184 Å². The van der Waals surface area contributed by atoms with Gasteiger partial charge in [-0.2, -0.15) is 0 Å². The molecule has 0 atom stereocenters. The van der Waals surface area contributed by atoms with Crippen LogP contribution in [0.1, 0.15) is 47.2 Å². The average molecular weight is 772 g/mol. The van der Waals surface area contributed by atoms with Crippen molar-refractivity contribution in [1.29, 1.82) is 0 Å². The van der Waals surface area contributed by atoms with Gasteiger partial charge in [-0.15, -0.1) is 11.3 Å². The molecule has 10 aromatic rings. The summed E-state index contributed by atoms with van der Waals surface area (Å²) in [6.07, 6.45) is 0. The first-order valence-corrected chi connectivity index (χ1v) is 21.1. The number of nitrogens with zero attached hydrogens (tertiary/aromatic N) is 3. The molecule has 8 aromatic carbocycles. The summed E-state index contributed by atoms with van der Waals surface area (Å²) in [6.45, 7) is 4.75. The molecule has 2 aliphatic rings. The molecule has 4 heteroatoms. The summed E-state index contributed by atoms with van der Waals surface area (Å²) in [5, 5.41) is 2.52. The van der Waals surface area contributed by atoms with Gasteiger partial charge in [0.2, 0.25) is 0 Å². The molecule has 3 nitrogen and oxygen atoms in total. The molecule has 0 fully saturated rings. The minimum absolute atomic E-state index is 0.158. The van der Waals surface area contributed by atoms with Crippen LogP contribution >= 0.6 is 11.3 Å². The van der Waals surface area contributed by atoms with Gasteiger partial charge >= 0.3 is 0 Å². The van der Waals surface area contributed by atoms with Crippen LogP contribution in [-0.2, 0) is 10.8 Å². The molecule has 278 valence electrons. The zero-order chi connectivity index (χ0) is 39.3. The first-order chi connectivity index (χ1) is 29.0. The second-order valence-electron chi connectivity index (χ2n) is 16.3. The van der Waals surface area contributed by atoms with Crippen molar-refractivity contribution in [3.05, 3.63) is 221 Å². The Morgan fingerprint density at radius 1 is 0.356 bits per heavy atom. The van der Waals surface area contributed by atoms with E-state index < -0.39 is 5.41 Å². The van der Waals surface area contributed by atoms with E-state index in [-0.39, 0.29) is 5.41 Å². The Balaban J connectivity index is 1.10. The second kappa shape index (κ2) is 12.7. The topological polar surface area (TPSA) is 38.7 Å². The van der Waals surface area contributed by atoms with E-state index in [0.29, 0.717) is 17.5 Å². The molecule has 2 aliphatic carbocycles. The van der Waals surface area contributed by atoms with Crippen molar-refractivity contribution in [2.75, 3.05) is 0 Å². The number of hydrogen-bond donors (Lipinski definition) is 0. The van der Waals surface area contributed by atoms with Crippen molar-refractivity contribution < 1.29 is 0 Å². The average Bonchev–Trinajstić information content (AvgIpc) is 3.82. The van der Waals surface area contributed by atoms with Crippen LogP contribution in [0, 0.1) is 0 Å². The Hall–Kier alpha value is -7.01. The molecule has 2 heterocycles. The highest BCUT2D eigenvalue weighted by molar-refractivity contribution is 7.25. The molecule has 0 unspecified atom stereocenters. The van der Waals surface area contributed by atoms with E-state index >= 15 is 0 Å². The van der Waals surface area contributed by atoms with Gasteiger partial charge in [0.15, 0.2) is 17.5 Å². The third-order valence-corrected chi connectivity index (χ3v) is 14.0. The lowest BCUT2D eigenvalue weighted by Crippen LogP contribution is -2.40. The van der Waals surface area contributed by atoms with Crippen molar-refractivity contribution in [2.24, 2.45) is 0 Å². The molecule has 0 saturated heterocycles. The Kier molecular flexibility index (Phi) is 7.36. The molecular formula is C55H37N3S. The van der Waals surface area contributed by atoms with Crippen LogP contribution in [0.15, 0.2) is 188 Å². The maximum absolute atomic E-state index is 5.33. The van der Waals surface area contributed by atoms with Gasteiger partial charge in [-0.1, -0.05) is 190 Å². The van der Waals surface area contributed by atoms with Crippen LogP contribution in [0.4, 0.5) is 0 Å². The van der Waals surface area contributed by atoms with Crippen molar-refractivity contribution in [3.63, 3.8) is 0 Å². The van der Waals surface area contributed by atoms with Crippen LogP contribution in [0.3, 0.4) is 0 Å². The molecule has 0 aliphatic heterocycles. The summed E-state index contributed by atoms with van der Waals surface area (Å²) in [5.74, 6) is 1.95. The molecule has 1 spiro atoms. The van der Waals surface area contributed by atoms with Gasteiger partial charge in [0.25, 0.3) is 0 Å². The van der Waals surface area contributed by atoms with Gasteiger partial charge in [-0.05, 0) is 67.8 Å². The largest absolute Gasteiger partial charge is 0.208 e. The smallest absolute Gasteiger partial charge is 0.164 e. The van der Waals surface area contributed by atoms with Crippen LogP contribution in [0.5, 0.6) is 0 Å². The second-order valence-corrected chi connectivity index (χ2v) is 17.4. The third kappa shape index (κ3) is 4.84. The van der Waals surface area contributed by atoms with Crippen molar-refractivity contribution in [3.8, 4) is 56.4 Å². The molecule has 0 saturated carbocycles. The van der Waals surface area contributed by atoms with E-state index in [1.807, 2.05) is 18.2 Å². The molecule has 0 bridgehead atoms. The number of hydrogen-bond acceptors (Lipinski definition) is 4. The van der Waals surface area contributed by atoms with Crippen LogP contribution in [-0.4, -0.2) is 15.0 Å². The Morgan fingerprint density at radius 2 is 0.881 bits per heavy atom. The molecule has 0 N–H and O–H groups in total. The van der Waals surface area contributed by atoms with Crippen LogP contribution in [0.2, 0.25) is 0 Å². The van der Waals surface area contributed by atoms with Gasteiger partial charge in [-0.25, -0.2) is 15.0 Å². The summed E-state index contributed by atoms with van der Waals surface area (Å²) in [7, 11) is 0. The monoisotopic (exact) mass is 771 g/mol. The Morgan fingerprint density at radius 3 is 1.63 bits per heavy atom. The fourth-order valence-electron chi connectivity index (χ4n) is 10.3. The van der Waals surface area contributed by atoms with Gasteiger partial charge < -0.3 is 0 Å². The first kappa shape index (κ1) is 34.1. The van der Waals surface area contributed by atoms with Crippen molar-refractivity contribution >= 4 is 31.5 Å². The minimum Gasteiger partial charge on any atom is -0.208 e. The van der Waals surface area contributed by atoms with Gasteiger partial charge in [-0.3, -0.25) is 0 Å². The van der Waals surface area contributed by atoms with E-state index in [0.717, 1.165) is 27.8 Å². The molecule has 0 amide bonds. The lowest BCUT2D eigenvalue weighted by Gasteiger charge is -2.46. The fraction of sp³-hybridized carbons (Fsp3) is 0.0727. The van der Waals surface area contributed by atoms with Crippen molar-refractivity contribution in [2.45, 2.75) is 24.7 Å². The molecule has 12 rings (SSSR count). The zero-order valence-corrected chi connectivity index (χ0v) is 33.5. The Labute approximate surface area is 347 Å². The lowest BCUT2D eigenvalue weighted by atomic mass is 9.55. The SMILES string of the molecule is CC1(C)c2ccccc2C2(c3ccccc3-c3c(-c4ccccc4-c4nc(-c5ccccc5)nc(-c5ccc6c(c5)sc5ccccc56)n4)cccc32)c2ccccc21. The van der Waals surface area contributed by atoms with Gasteiger partial charge in [0.05, 0.1) is 5.41 Å².